The summed E-state index contributed by atoms with van der Waals surface area (Å²) in [7, 11) is 0. The van der Waals surface area contributed by atoms with E-state index in [0.29, 0.717) is 25.0 Å². The van der Waals surface area contributed by atoms with E-state index in [1.807, 2.05) is 0 Å². The Labute approximate surface area is 137 Å². The van der Waals surface area contributed by atoms with Crippen molar-refractivity contribution < 1.29 is 31.9 Å². The van der Waals surface area contributed by atoms with Gasteiger partial charge < -0.3 is 4.74 Å². The third-order valence-corrected chi connectivity index (χ3v) is 4.20. The zero-order valence-electron chi connectivity index (χ0n) is 13.2. The van der Waals surface area contributed by atoms with Crippen LogP contribution in [-0.4, -0.2) is 18.4 Å². The molecule has 1 atom stereocenters. The van der Waals surface area contributed by atoms with Crippen LogP contribution in [0.3, 0.4) is 0 Å². The molecule has 0 bridgehead atoms. The van der Waals surface area contributed by atoms with Gasteiger partial charge in [-0.3, -0.25) is 9.59 Å². The molecule has 0 spiro atoms. The lowest BCUT2D eigenvalue weighted by molar-refractivity contribution is -0.153. The SMILES string of the molecule is CCOC(=O)C(Cc1ccc(F)c(C(F)(F)F)c1)C(=O)C1CCC1. The van der Waals surface area contributed by atoms with E-state index in [2.05, 4.69) is 0 Å². The first kappa shape index (κ1) is 18.4. The van der Waals surface area contributed by atoms with Crippen molar-refractivity contribution in [3.05, 3.63) is 35.1 Å². The van der Waals surface area contributed by atoms with Gasteiger partial charge in [-0.15, -0.1) is 0 Å². The Kier molecular flexibility index (Phi) is 5.62. The van der Waals surface area contributed by atoms with E-state index < -0.39 is 29.4 Å². The Morgan fingerprint density at radius 1 is 1.29 bits per heavy atom. The van der Waals surface area contributed by atoms with Crippen molar-refractivity contribution in [3.8, 4) is 0 Å². The summed E-state index contributed by atoms with van der Waals surface area (Å²) in [4.78, 5) is 24.4. The van der Waals surface area contributed by atoms with Crippen LogP contribution in [0.1, 0.15) is 37.3 Å². The molecule has 1 aliphatic carbocycles. The number of ketones is 1. The molecule has 1 aromatic rings. The van der Waals surface area contributed by atoms with Crippen molar-refractivity contribution in [1.82, 2.24) is 0 Å². The Morgan fingerprint density at radius 2 is 1.96 bits per heavy atom. The van der Waals surface area contributed by atoms with Crippen LogP contribution in [0, 0.1) is 17.7 Å². The van der Waals surface area contributed by atoms with Crippen LogP contribution < -0.4 is 0 Å². The molecule has 0 aromatic heterocycles. The molecule has 0 amide bonds. The van der Waals surface area contributed by atoms with Gasteiger partial charge in [-0.25, -0.2) is 4.39 Å². The topological polar surface area (TPSA) is 43.4 Å². The van der Waals surface area contributed by atoms with Crippen molar-refractivity contribution in [2.75, 3.05) is 6.61 Å². The van der Waals surface area contributed by atoms with Gasteiger partial charge in [0.05, 0.1) is 12.2 Å². The summed E-state index contributed by atoms with van der Waals surface area (Å²) in [5, 5.41) is 0. The first-order chi connectivity index (χ1) is 11.2. The molecule has 0 heterocycles. The summed E-state index contributed by atoms with van der Waals surface area (Å²) < 4.78 is 56.6. The molecule has 24 heavy (non-hydrogen) atoms. The van der Waals surface area contributed by atoms with Crippen LogP contribution in [-0.2, 0) is 26.9 Å². The number of hydrogen-bond donors (Lipinski definition) is 0. The molecule has 1 unspecified atom stereocenters. The van der Waals surface area contributed by atoms with E-state index in [1.165, 1.54) is 0 Å². The average Bonchev–Trinajstić information content (AvgIpc) is 2.43. The molecule has 0 N–H and O–H groups in total. The first-order valence-corrected chi connectivity index (χ1v) is 7.80. The lowest BCUT2D eigenvalue weighted by Crippen LogP contribution is -2.35. The lowest BCUT2D eigenvalue weighted by atomic mass is 9.76. The highest BCUT2D eigenvalue weighted by atomic mass is 19.4. The van der Waals surface area contributed by atoms with Gasteiger partial charge in [0.1, 0.15) is 11.7 Å². The molecule has 2 rings (SSSR count). The fourth-order valence-electron chi connectivity index (χ4n) is 2.67. The maximum Gasteiger partial charge on any atom is 0.419 e. The number of benzene rings is 1. The monoisotopic (exact) mass is 346 g/mol. The smallest absolute Gasteiger partial charge is 0.419 e. The molecule has 132 valence electrons. The Hall–Kier alpha value is -1.92. The summed E-state index contributed by atoms with van der Waals surface area (Å²) in [6.07, 6.45) is -2.83. The number of ether oxygens (including phenoxy) is 1. The third kappa shape index (κ3) is 4.13. The Balaban J connectivity index is 2.25. The molecule has 1 aliphatic rings. The maximum atomic E-state index is 13.4. The number of Topliss-reactive ketones (excluding diaryl/α,β-unsaturated/α-hetero) is 1. The molecule has 1 fully saturated rings. The van der Waals surface area contributed by atoms with Gasteiger partial charge in [0.2, 0.25) is 0 Å². The number of carbonyl (C=O) groups excluding carboxylic acids is 2. The molecular weight excluding hydrogens is 328 g/mol. The van der Waals surface area contributed by atoms with E-state index >= 15 is 0 Å². The number of hydrogen-bond acceptors (Lipinski definition) is 3. The molecular formula is C17H18F4O3. The number of carbonyl (C=O) groups is 2. The lowest BCUT2D eigenvalue weighted by Gasteiger charge is -2.27. The van der Waals surface area contributed by atoms with Crippen LogP contribution in [0.4, 0.5) is 17.6 Å². The number of esters is 1. The molecule has 7 heteroatoms. The van der Waals surface area contributed by atoms with Crippen LogP contribution in [0.2, 0.25) is 0 Å². The summed E-state index contributed by atoms with van der Waals surface area (Å²) in [5.41, 5.74) is -1.33. The van der Waals surface area contributed by atoms with Gasteiger partial charge in [-0.05, 0) is 43.9 Å². The van der Waals surface area contributed by atoms with E-state index in [9.17, 15) is 27.2 Å². The first-order valence-electron chi connectivity index (χ1n) is 7.80. The highest BCUT2D eigenvalue weighted by molar-refractivity contribution is 6.00. The second-order valence-electron chi connectivity index (χ2n) is 5.85. The number of halogens is 4. The van der Waals surface area contributed by atoms with Gasteiger partial charge in [0.15, 0.2) is 5.78 Å². The van der Waals surface area contributed by atoms with Crippen molar-refractivity contribution in [3.63, 3.8) is 0 Å². The minimum atomic E-state index is -4.84. The molecule has 0 aliphatic heterocycles. The van der Waals surface area contributed by atoms with Crippen LogP contribution in [0.5, 0.6) is 0 Å². The predicted molar refractivity (Wildman–Crippen MR) is 77.6 cm³/mol. The molecule has 1 saturated carbocycles. The standard InChI is InChI=1S/C17H18F4O3/c1-2-24-16(23)12(15(22)11-4-3-5-11)8-10-6-7-14(18)13(9-10)17(19,20)21/h6-7,9,11-12H,2-5,8H2,1H3. The van der Waals surface area contributed by atoms with Crippen molar-refractivity contribution in [2.45, 2.75) is 38.8 Å². The summed E-state index contributed by atoms with van der Waals surface area (Å²) >= 11 is 0. The Morgan fingerprint density at radius 3 is 2.46 bits per heavy atom. The molecule has 1 aromatic carbocycles. The van der Waals surface area contributed by atoms with E-state index in [0.717, 1.165) is 12.5 Å². The van der Waals surface area contributed by atoms with E-state index in [1.54, 1.807) is 6.92 Å². The van der Waals surface area contributed by atoms with Gasteiger partial charge in [-0.1, -0.05) is 12.5 Å². The quantitative estimate of drug-likeness (QED) is 0.445. The molecule has 0 radical (unpaired) electrons. The predicted octanol–water partition coefficient (Wildman–Crippen LogP) is 3.94. The minimum Gasteiger partial charge on any atom is -0.465 e. The van der Waals surface area contributed by atoms with E-state index in [4.69, 9.17) is 4.74 Å². The Bertz CT molecular complexity index is 621. The van der Waals surface area contributed by atoms with Crippen molar-refractivity contribution >= 4 is 11.8 Å². The normalized spacial score (nSPS) is 16.4. The zero-order chi connectivity index (χ0) is 17.9. The molecule has 3 nitrogen and oxygen atoms in total. The fourth-order valence-corrected chi connectivity index (χ4v) is 2.67. The summed E-state index contributed by atoms with van der Waals surface area (Å²) in [5.74, 6) is -3.84. The average molecular weight is 346 g/mol. The van der Waals surface area contributed by atoms with E-state index in [-0.39, 0.29) is 30.3 Å². The number of alkyl halides is 3. The van der Waals surface area contributed by atoms with Gasteiger partial charge in [0, 0.05) is 5.92 Å². The highest BCUT2D eigenvalue weighted by Crippen LogP contribution is 2.34. The third-order valence-electron chi connectivity index (χ3n) is 4.20. The largest absolute Gasteiger partial charge is 0.465 e. The van der Waals surface area contributed by atoms with Gasteiger partial charge in [0.25, 0.3) is 0 Å². The highest BCUT2D eigenvalue weighted by Gasteiger charge is 2.38. The van der Waals surface area contributed by atoms with Crippen molar-refractivity contribution in [2.24, 2.45) is 11.8 Å². The van der Waals surface area contributed by atoms with Gasteiger partial charge >= 0.3 is 12.1 Å². The van der Waals surface area contributed by atoms with Crippen molar-refractivity contribution in [1.29, 1.82) is 0 Å². The van der Waals surface area contributed by atoms with Crippen LogP contribution in [0.15, 0.2) is 18.2 Å². The van der Waals surface area contributed by atoms with Crippen LogP contribution in [0.25, 0.3) is 0 Å². The minimum absolute atomic E-state index is 0.0739. The number of rotatable bonds is 6. The second kappa shape index (κ2) is 7.32. The fraction of sp³-hybridized carbons (Fsp3) is 0.529. The van der Waals surface area contributed by atoms with Gasteiger partial charge in [-0.2, -0.15) is 13.2 Å². The summed E-state index contributed by atoms with van der Waals surface area (Å²) in [6.45, 7) is 1.66. The maximum absolute atomic E-state index is 13.4. The summed E-state index contributed by atoms with van der Waals surface area (Å²) in [6, 6.07) is 2.51. The zero-order valence-corrected chi connectivity index (χ0v) is 13.2. The second-order valence-corrected chi connectivity index (χ2v) is 5.85. The molecule has 0 saturated heterocycles. The van der Waals surface area contributed by atoms with Crippen LogP contribution >= 0.6 is 0 Å².